The SMILES string of the molecule is NC(CC(=O)O)C(=O)Nc1cc(Cl)c(F)c(Cl)c1. The van der Waals surface area contributed by atoms with Crippen LogP contribution in [0.2, 0.25) is 10.0 Å². The molecule has 8 heteroatoms. The Bertz CT molecular complexity index is 473. The van der Waals surface area contributed by atoms with Gasteiger partial charge in [0.25, 0.3) is 0 Å². The lowest BCUT2D eigenvalue weighted by atomic mass is 10.2. The Morgan fingerprint density at radius 2 is 1.89 bits per heavy atom. The molecule has 1 rings (SSSR count). The number of nitrogens with one attached hydrogen (secondary N) is 1. The van der Waals surface area contributed by atoms with Gasteiger partial charge in [-0.25, -0.2) is 4.39 Å². The van der Waals surface area contributed by atoms with E-state index in [9.17, 15) is 14.0 Å². The van der Waals surface area contributed by atoms with Crippen LogP contribution < -0.4 is 11.1 Å². The first-order valence-corrected chi connectivity index (χ1v) is 5.49. The molecule has 1 atom stereocenters. The fraction of sp³-hybridized carbons (Fsp3) is 0.200. The summed E-state index contributed by atoms with van der Waals surface area (Å²) in [7, 11) is 0. The molecule has 0 aliphatic carbocycles. The highest BCUT2D eigenvalue weighted by Crippen LogP contribution is 2.27. The Labute approximate surface area is 112 Å². The summed E-state index contributed by atoms with van der Waals surface area (Å²) in [6.45, 7) is 0. The third kappa shape index (κ3) is 3.83. The average molecular weight is 295 g/mol. The Morgan fingerprint density at radius 1 is 1.39 bits per heavy atom. The van der Waals surface area contributed by atoms with E-state index in [1.807, 2.05) is 0 Å². The van der Waals surface area contributed by atoms with Gasteiger partial charge in [0.05, 0.1) is 22.5 Å². The van der Waals surface area contributed by atoms with Gasteiger partial charge in [0.15, 0.2) is 5.82 Å². The maximum absolute atomic E-state index is 13.1. The predicted molar refractivity (Wildman–Crippen MR) is 65.3 cm³/mol. The number of amides is 1. The molecule has 1 aromatic rings. The van der Waals surface area contributed by atoms with Crippen molar-refractivity contribution in [2.45, 2.75) is 12.5 Å². The highest BCUT2D eigenvalue weighted by atomic mass is 35.5. The molecule has 0 bridgehead atoms. The smallest absolute Gasteiger partial charge is 0.305 e. The van der Waals surface area contributed by atoms with E-state index in [1.54, 1.807) is 0 Å². The van der Waals surface area contributed by atoms with Gasteiger partial charge >= 0.3 is 5.97 Å². The molecular formula is C10H9Cl2FN2O3. The van der Waals surface area contributed by atoms with Gasteiger partial charge in [0, 0.05) is 5.69 Å². The second kappa shape index (κ2) is 5.99. The molecule has 0 aliphatic heterocycles. The van der Waals surface area contributed by atoms with Crippen LogP contribution in [0, 0.1) is 5.82 Å². The zero-order valence-corrected chi connectivity index (χ0v) is 10.4. The highest BCUT2D eigenvalue weighted by molar-refractivity contribution is 6.35. The van der Waals surface area contributed by atoms with E-state index in [0.717, 1.165) is 12.1 Å². The van der Waals surface area contributed by atoms with E-state index in [1.165, 1.54) is 0 Å². The number of carbonyl (C=O) groups excluding carboxylic acids is 1. The zero-order chi connectivity index (χ0) is 13.9. The van der Waals surface area contributed by atoms with Crippen molar-refractivity contribution in [3.05, 3.63) is 28.0 Å². The number of carboxylic acids is 1. The summed E-state index contributed by atoms with van der Waals surface area (Å²) in [6, 6.07) is 1.08. The topological polar surface area (TPSA) is 92.4 Å². The van der Waals surface area contributed by atoms with Crippen molar-refractivity contribution in [1.82, 2.24) is 0 Å². The Morgan fingerprint density at radius 3 is 2.33 bits per heavy atom. The van der Waals surface area contributed by atoms with Crippen molar-refractivity contribution < 1.29 is 19.1 Å². The number of carboxylic acid groups (broad SMARTS) is 1. The number of hydrogen-bond acceptors (Lipinski definition) is 3. The first-order valence-electron chi connectivity index (χ1n) is 4.74. The van der Waals surface area contributed by atoms with Gasteiger partial charge in [-0.05, 0) is 12.1 Å². The van der Waals surface area contributed by atoms with Gasteiger partial charge in [0.1, 0.15) is 0 Å². The van der Waals surface area contributed by atoms with Crippen LogP contribution in [0.5, 0.6) is 0 Å². The standard InChI is InChI=1S/C10H9Cl2FN2O3/c11-5-1-4(2-6(12)9(5)13)15-10(18)7(14)3-8(16)17/h1-2,7H,3,14H2,(H,15,18)(H,16,17). The largest absolute Gasteiger partial charge is 0.481 e. The van der Waals surface area contributed by atoms with Crippen molar-refractivity contribution in [1.29, 1.82) is 0 Å². The van der Waals surface area contributed by atoms with Crippen molar-refractivity contribution in [2.75, 3.05) is 5.32 Å². The van der Waals surface area contributed by atoms with E-state index >= 15 is 0 Å². The number of aliphatic carboxylic acids is 1. The summed E-state index contributed by atoms with van der Waals surface area (Å²) in [5.74, 6) is -2.73. The minimum Gasteiger partial charge on any atom is -0.481 e. The summed E-state index contributed by atoms with van der Waals surface area (Å²) in [5, 5.41) is 10.2. The van der Waals surface area contributed by atoms with Gasteiger partial charge in [-0.1, -0.05) is 23.2 Å². The van der Waals surface area contributed by atoms with Gasteiger partial charge in [0.2, 0.25) is 5.91 Å². The summed E-state index contributed by atoms with van der Waals surface area (Å²) < 4.78 is 13.1. The highest BCUT2D eigenvalue weighted by Gasteiger charge is 2.18. The fourth-order valence-electron chi connectivity index (χ4n) is 1.14. The van der Waals surface area contributed by atoms with E-state index in [4.69, 9.17) is 34.0 Å². The number of benzene rings is 1. The number of carbonyl (C=O) groups is 2. The molecular weight excluding hydrogens is 286 g/mol. The van der Waals surface area contributed by atoms with Crippen LogP contribution in [0.1, 0.15) is 6.42 Å². The number of nitrogens with two attached hydrogens (primary N) is 1. The molecule has 0 spiro atoms. The number of anilines is 1. The van der Waals surface area contributed by atoms with Crippen LogP contribution in [-0.4, -0.2) is 23.0 Å². The number of halogens is 3. The second-order valence-corrected chi connectivity index (χ2v) is 4.26. The molecule has 0 aliphatic rings. The molecule has 0 saturated carbocycles. The summed E-state index contributed by atoms with van der Waals surface area (Å²) >= 11 is 11.1. The van der Waals surface area contributed by atoms with Gasteiger partial charge in [-0.2, -0.15) is 0 Å². The van der Waals surface area contributed by atoms with Gasteiger partial charge in [-0.15, -0.1) is 0 Å². The molecule has 0 saturated heterocycles. The molecule has 0 radical (unpaired) electrons. The molecule has 0 fully saturated rings. The molecule has 1 amide bonds. The molecule has 0 aromatic heterocycles. The molecule has 5 nitrogen and oxygen atoms in total. The quantitative estimate of drug-likeness (QED) is 0.739. The average Bonchev–Trinajstić information content (AvgIpc) is 2.24. The van der Waals surface area contributed by atoms with E-state index in [-0.39, 0.29) is 15.7 Å². The number of rotatable bonds is 4. The van der Waals surface area contributed by atoms with E-state index in [2.05, 4.69) is 5.32 Å². The van der Waals surface area contributed by atoms with Crippen molar-refractivity contribution >= 4 is 40.8 Å². The van der Waals surface area contributed by atoms with Crippen LogP contribution in [0.15, 0.2) is 12.1 Å². The monoisotopic (exact) mass is 294 g/mol. The Hall–Kier alpha value is -1.37. The predicted octanol–water partition coefficient (Wildman–Crippen LogP) is 1.87. The number of hydrogen-bond donors (Lipinski definition) is 3. The lowest BCUT2D eigenvalue weighted by Crippen LogP contribution is -2.37. The zero-order valence-electron chi connectivity index (χ0n) is 8.91. The van der Waals surface area contributed by atoms with E-state index < -0.39 is 30.2 Å². The molecule has 18 heavy (non-hydrogen) atoms. The second-order valence-electron chi connectivity index (χ2n) is 3.45. The summed E-state index contributed by atoms with van der Waals surface area (Å²) in [5.41, 5.74) is 5.48. The molecule has 98 valence electrons. The molecule has 1 unspecified atom stereocenters. The Kier molecular flexibility index (Phi) is 4.89. The molecule has 4 N–H and O–H groups in total. The van der Waals surface area contributed by atoms with E-state index in [0.29, 0.717) is 0 Å². The summed E-state index contributed by atoms with van der Waals surface area (Å²) in [4.78, 5) is 21.8. The first kappa shape index (κ1) is 14.7. The van der Waals surface area contributed by atoms with Crippen molar-refractivity contribution in [3.8, 4) is 0 Å². The van der Waals surface area contributed by atoms with Crippen LogP contribution >= 0.6 is 23.2 Å². The lowest BCUT2D eigenvalue weighted by Gasteiger charge is -2.11. The first-order chi connectivity index (χ1) is 8.31. The molecule has 1 aromatic carbocycles. The van der Waals surface area contributed by atoms with Crippen LogP contribution in [0.4, 0.5) is 10.1 Å². The van der Waals surface area contributed by atoms with Crippen LogP contribution in [0.25, 0.3) is 0 Å². The molecule has 0 heterocycles. The summed E-state index contributed by atoms with van der Waals surface area (Å²) in [6.07, 6.45) is -0.519. The van der Waals surface area contributed by atoms with Crippen molar-refractivity contribution in [3.63, 3.8) is 0 Å². The van der Waals surface area contributed by atoms with Gasteiger partial charge < -0.3 is 16.2 Å². The maximum Gasteiger partial charge on any atom is 0.305 e. The normalized spacial score (nSPS) is 12.0. The Balaban J connectivity index is 2.79. The third-order valence-electron chi connectivity index (χ3n) is 1.98. The minimum atomic E-state index is -1.22. The van der Waals surface area contributed by atoms with Crippen LogP contribution in [-0.2, 0) is 9.59 Å². The fourth-order valence-corrected chi connectivity index (χ4v) is 1.63. The third-order valence-corrected chi connectivity index (χ3v) is 2.53. The maximum atomic E-state index is 13.1. The van der Waals surface area contributed by atoms with Crippen molar-refractivity contribution in [2.24, 2.45) is 5.73 Å². The van der Waals surface area contributed by atoms with Crippen LogP contribution in [0.3, 0.4) is 0 Å². The minimum absolute atomic E-state index is 0.136. The lowest BCUT2D eigenvalue weighted by molar-refractivity contribution is -0.138. The van der Waals surface area contributed by atoms with Gasteiger partial charge in [-0.3, -0.25) is 9.59 Å².